The van der Waals surface area contributed by atoms with Gasteiger partial charge >= 0.3 is 5.97 Å². The predicted octanol–water partition coefficient (Wildman–Crippen LogP) is 5.51. The number of carbonyl (C=O) groups is 1. The number of hydrogen-bond acceptors (Lipinski definition) is 5. The number of rotatable bonds is 10. The first-order chi connectivity index (χ1) is 18.3. The molecule has 0 amide bonds. The second-order valence-corrected chi connectivity index (χ2v) is 10.8. The van der Waals surface area contributed by atoms with Gasteiger partial charge in [0.05, 0.1) is 11.5 Å². The molecule has 196 valence electrons. The number of carboxylic acid groups (broad SMARTS) is 1. The Morgan fingerprint density at radius 3 is 1.97 bits per heavy atom. The van der Waals surface area contributed by atoms with Gasteiger partial charge in [0.25, 0.3) is 1.43 Å². The van der Waals surface area contributed by atoms with Gasteiger partial charge in [0.15, 0.2) is 0 Å². The lowest BCUT2D eigenvalue weighted by atomic mass is 9.72. The van der Waals surface area contributed by atoms with Crippen LogP contribution in [0.25, 0.3) is 1.43 Å². The van der Waals surface area contributed by atoms with E-state index in [1.807, 2.05) is 84.9 Å². The fourth-order valence-corrected chi connectivity index (χ4v) is 5.51. The largest absolute Gasteiger partial charge is 0.481 e. The number of nitrogens with zero attached hydrogens (tertiary/aromatic N) is 1. The fraction of sp³-hybridized carbons (Fsp3) is 0.406. The van der Waals surface area contributed by atoms with Gasteiger partial charge in [-0.1, -0.05) is 84.9 Å². The molecule has 1 heterocycles. The lowest BCUT2D eigenvalue weighted by Gasteiger charge is -2.42. The molecule has 1 fully saturated rings. The van der Waals surface area contributed by atoms with Crippen molar-refractivity contribution >= 4 is 5.97 Å². The molecule has 0 radical (unpaired) electrons. The Kier molecular flexibility index (Phi) is 8.04. The molecule has 3 aromatic carbocycles. The molecule has 0 spiro atoms. The summed E-state index contributed by atoms with van der Waals surface area (Å²) in [5, 5.41) is 27.0. The maximum Gasteiger partial charge on any atom is 0.313 e. The van der Waals surface area contributed by atoms with Crippen LogP contribution in [-0.2, 0) is 15.8 Å². The lowest BCUT2D eigenvalue weighted by Crippen LogP contribution is -2.44. The number of benzene rings is 3. The summed E-state index contributed by atoms with van der Waals surface area (Å²) in [5.74, 6) is -0.482. The van der Waals surface area contributed by atoms with E-state index >= 15 is 0 Å². The molecule has 1 aliphatic heterocycles. The van der Waals surface area contributed by atoms with E-state index in [0.717, 1.165) is 61.2 Å². The monoisotopic (exact) mass is 502 g/mol. The average molecular weight is 503 g/mol. The van der Waals surface area contributed by atoms with Gasteiger partial charge in [-0.25, -0.2) is 0 Å². The molecule has 0 aliphatic carbocycles. The van der Waals surface area contributed by atoms with Crippen molar-refractivity contribution in [2.75, 3.05) is 19.6 Å². The number of likely N-dealkylation sites (tertiary alicyclic amines) is 1. The minimum Gasteiger partial charge on any atom is -0.481 e. The Hall–Kier alpha value is -2.99. The van der Waals surface area contributed by atoms with Crippen molar-refractivity contribution in [2.45, 2.75) is 56.7 Å². The zero-order valence-electron chi connectivity index (χ0n) is 22.8. The van der Waals surface area contributed by atoms with Crippen LogP contribution in [0.3, 0.4) is 0 Å². The van der Waals surface area contributed by atoms with E-state index in [9.17, 15) is 15.0 Å². The first-order valence-corrected chi connectivity index (χ1v) is 13.3. The second kappa shape index (κ2) is 11.6. The number of hydrogen-bond donors (Lipinski definition) is 3. The van der Waals surface area contributed by atoms with Crippen molar-refractivity contribution < 1.29 is 20.1 Å². The van der Waals surface area contributed by atoms with Gasteiger partial charge in [0.2, 0.25) is 0 Å². The smallest absolute Gasteiger partial charge is 0.313 e. The highest BCUT2D eigenvalue weighted by Crippen LogP contribution is 2.42. The predicted molar refractivity (Wildman–Crippen MR) is 146 cm³/mol. The zero-order valence-corrected chi connectivity index (χ0v) is 21.8. The Morgan fingerprint density at radius 1 is 0.919 bits per heavy atom. The molecule has 0 saturated carbocycles. The highest BCUT2D eigenvalue weighted by Gasteiger charge is 2.41. The Bertz CT molecular complexity index is 1120. The van der Waals surface area contributed by atoms with E-state index < -0.39 is 23.1 Å². The molecule has 5 nitrogen and oxygen atoms in total. The third-order valence-electron chi connectivity index (χ3n) is 8.09. The van der Waals surface area contributed by atoms with Crippen molar-refractivity contribution in [2.24, 2.45) is 5.92 Å². The highest BCUT2D eigenvalue weighted by molar-refractivity contribution is 5.80. The standard InChI is InChI=1S/C32H39NO4/c1-31(2,30(35)36)25-17-15-24(16-18-25)29(34)14-9-21-33-22-19-28(20-23-33)32(37,26-10-5-3-6-11-26)27-12-7-4-8-13-27/h3-8,10-13,15-18,28-29,34,37H,9,14,19-23H2,1-2H3,(H,35,36)/i/hD. The average Bonchev–Trinajstić information content (AvgIpc) is 2.97. The molecule has 1 aliphatic rings. The van der Waals surface area contributed by atoms with Crippen LogP contribution in [0.4, 0.5) is 0 Å². The molecule has 5 heteroatoms. The third-order valence-corrected chi connectivity index (χ3v) is 8.09. The molecule has 3 aromatic rings. The zero-order chi connectivity index (χ0) is 27.2. The molecule has 3 N–H and O–H groups in total. The summed E-state index contributed by atoms with van der Waals surface area (Å²) in [7, 11) is 0. The van der Waals surface area contributed by atoms with Crippen LogP contribution in [-0.4, -0.2) is 45.8 Å². The number of aliphatic hydroxyl groups excluding tert-OH is 1. The van der Waals surface area contributed by atoms with Crippen molar-refractivity contribution in [1.29, 1.82) is 1.43 Å². The summed E-state index contributed by atoms with van der Waals surface area (Å²) in [6.07, 6.45) is 2.75. The summed E-state index contributed by atoms with van der Waals surface area (Å²) in [6.45, 7) is 6.18. The summed E-state index contributed by atoms with van der Waals surface area (Å²) in [5.41, 5.74) is 1.53. The highest BCUT2D eigenvalue weighted by atomic mass is 16.4. The molecule has 0 aromatic heterocycles. The van der Waals surface area contributed by atoms with Gasteiger partial charge in [0, 0.05) is 0 Å². The maximum atomic E-state index is 12.1. The van der Waals surface area contributed by atoms with E-state index in [1.165, 1.54) is 0 Å². The van der Waals surface area contributed by atoms with Crippen LogP contribution in [0.15, 0.2) is 84.9 Å². The number of aliphatic carboxylic acids is 1. The van der Waals surface area contributed by atoms with Crippen LogP contribution in [0.2, 0.25) is 0 Å². The Morgan fingerprint density at radius 2 is 1.46 bits per heavy atom. The molecule has 4 rings (SSSR count). The van der Waals surface area contributed by atoms with Crippen LogP contribution >= 0.6 is 0 Å². The SMILES string of the molecule is [2H]OC(=O)C(C)(C)c1ccc(C(O)CCCN2CCC(C(O)(c3ccccc3)c3ccccc3)CC2)cc1. The minimum atomic E-state index is -1.01. The van der Waals surface area contributed by atoms with Crippen LogP contribution in [0.5, 0.6) is 0 Å². The van der Waals surface area contributed by atoms with E-state index in [-0.39, 0.29) is 5.92 Å². The molecular weight excluding hydrogens is 462 g/mol. The Labute approximate surface area is 221 Å². The quantitative estimate of drug-likeness (QED) is 0.341. The number of piperidine rings is 1. The lowest BCUT2D eigenvalue weighted by molar-refractivity contribution is -0.142. The molecule has 1 saturated heterocycles. The van der Waals surface area contributed by atoms with Crippen molar-refractivity contribution in [1.82, 2.24) is 4.90 Å². The number of aliphatic hydroxyl groups is 2. The van der Waals surface area contributed by atoms with Crippen LogP contribution in [0, 0.1) is 5.92 Å². The summed E-state index contributed by atoms with van der Waals surface area (Å²) in [6, 6.07) is 27.3. The van der Waals surface area contributed by atoms with Gasteiger partial charge in [0.1, 0.15) is 5.60 Å². The Balaban J connectivity index is 1.31. The molecule has 1 unspecified atom stereocenters. The maximum absolute atomic E-state index is 12.1. The van der Waals surface area contributed by atoms with Crippen LogP contribution < -0.4 is 0 Å². The van der Waals surface area contributed by atoms with E-state index in [4.69, 9.17) is 1.43 Å². The van der Waals surface area contributed by atoms with Gasteiger partial charge < -0.3 is 20.2 Å². The first kappa shape index (κ1) is 25.7. The molecule has 1 atom stereocenters. The molecule has 0 bridgehead atoms. The first-order valence-electron chi connectivity index (χ1n) is 13.7. The third kappa shape index (κ3) is 5.96. The van der Waals surface area contributed by atoms with E-state index in [0.29, 0.717) is 6.42 Å². The topological polar surface area (TPSA) is 81.0 Å². The summed E-state index contributed by atoms with van der Waals surface area (Å²) >= 11 is 0. The summed E-state index contributed by atoms with van der Waals surface area (Å²) < 4.78 is 6.90. The number of carboxylic acids is 1. The fourth-order valence-electron chi connectivity index (χ4n) is 5.51. The van der Waals surface area contributed by atoms with Crippen molar-refractivity contribution in [3.63, 3.8) is 0 Å². The van der Waals surface area contributed by atoms with Gasteiger partial charge in [-0.2, -0.15) is 0 Å². The molecule has 37 heavy (non-hydrogen) atoms. The second-order valence-electron chi connectivity index (χ2n) is 10.8. The normalized spacial score (nSPS) is 16.7. The van der Waals surface area contributed by atoms with Crippen molar-refractivity contribution in [3.8, 4) is 0 Å². The van der Waals surface area contributed by atoms with E-state index in [1.54, 1.807) is 13.8 Å². The van der Waals surface area contributed by atoms with Crippen molar-refractivity contribution in [3.05, 3.63) is 107 Å². The molecular formula is C32H39NO4. The summed E-state index contributed by atoms with van der Waals surface area (Å²) in [4.78, 5) is 14.3. The van der Waals surface area contributed by atoms with Gasteiger partial charge in [-0.05, 0) is 87.3 Å². The minimum absolute atomic E-state index is 0.129. The van der Waals surface area contributed by atoms with Gasteiger partial charge in [-0.15, -0.1) is 0 Å². The van der Waals surface area contributed by atoms with Crippen LogP contribution in [0.1, 0.15) is 67.9 Å². The van der Waals surface area contributed by atoms with E-state index in [2.05, 4.69) is 10.0 Å². The van der Waals surface area contributed by atoms with Gasteiger partial charge in [-0.3, -0.25) is 4.79 Å².